The lowest BCUT2D eigenvalue weighted by Gasteiger charge is -2.35. The Morgan fingerprint density at radius 1 is 1.00 bits per heavy atom. The molecule has 2 rings (SSSR count). The molecule has 2 aliphatic heterocycles. The average Bonchev–Trinajstić information content (AvgIpc) is 3.16. The van der Waals surface area contributed by atoms with Gasteiger partial charge in [-0.2, -0.15) is 0 Å². The molecule has 5 heteroatoms. The zero-order chi connectivity index (χ0) is 19.6. The predicted octanol–water partition coefficient (Wildman–Crippen LogP) is 2.98. The molecule has 0 amide bonds. The maximum absolute atomic E-state index is 5.03. The van der Waals surface area contributed by atoms with Crippen LogP contribution in [0.15, 0.2) is 4.99 Å². The SMILES string of the molecule is CCNC(=NCC(C)CN1CCN(CC)CC1)N1CCC(C(CC)CC)C1. The summed E-state index contributed by atoms with van der Waals surface area (Å²) in [6, 6.07) is 0. The number of hydrogen-bond donors (Lipinski definition) is 1. The molecule has 0 spiro atoms. The van der Waals surface area contributed by atoms with E-state index >= 15 is 0 Å². The molecule has 158 valence electrons. The summed E-state index contributed by atoms with van der Waals surface area (Å²) in [6.45, 7) is 23.0. The fraction of sp³-hybridized carbons (Fsp3) is 0.955. The zero-order valence-corrected chi connectivity index (χ0v) is 18.7. The molecule has 2 heterocycles. The fourth-order valence-corrected chi connectivity index (χ4v) is 4.77. The Morgan fingerprint density at radius 3 is 2.26 bits per heavy atom. The molecule has 0 bridgehead atoms. The van der Waals surface area contributed by atoms with Crippen LogP contribution in [0.3, 0.4) is 0 Å². The summed E-state index contributed by atoms with van der Waals surface area (Å²) in [7, 11) is 0. The molecule has 0 aromatic carbocycles. The van der Waals surface area contributed by atoms with Crippen LogP contribution in [-0.4, -0.2) is 86.1 Å². The van der Waals surface area contributed by atoms with Gasteiger partial charge in [0.2, 0.25) is 0 Å². The van der Waals surface area contributed by atoms with Crippen molar-refractivity contribution in [3.8, 4) is 0 Å². The summed E-state index contributed by atoms with van der Waals surface area (Å²) < 4.78 is 0. The van der Waals surface area contributed by atoms with E-state index in [1.165, 1.54) is 71.6 Å². The summed E-state index contributed by atoms with van der Waals surface area (Å²) in [5.41, 5.74) is 0. The van der Waals surface area contributed by atoms with Gasteiger partial charge in [-0.25, -0.2) is 0 Å². The summed E-state index contributed by atoms with van der Waals surface area (Å²) in [5.74, 6) is 3.48. The van der Waals surface area contributed by atoms with Gasteiger partial charge in [0.05, 0.1) is 0 Å². The molecule has 2 saturated heterocycles. The summed E-state index contributed by atoms with van der Waals surface area (Å²) in [4.78, 5) is 12.7. The molecule has 2 unspecified atom stereocenters. The fourth-order valence-electron chi connectivity index (χ4n) is 4.77. The van der Waals surface area contributed by atoms with Gasteiger partial charge in [-0.3, -0.25) is 4.99 Å². The lowest BCUT2D eigenvalue weighted by molar-refractivity contribution is 0.125. The number of aliphatic imine (C=N–C) groups is 1. The van der Waals surface area contributed by atoms with Crippen LogP contribution in [0.2, 0.25) is 0 Å². The van der Waals surface area contributed by atoms with Crippen molar-refractivity contribution in [2.24, 2.45) is 22.7 Å². The van der Waals surface area contributed by atoms with E-state index in [9.17, 15) is 0 Å². The maximum Gasteiger partial charge on any atom is 0.193 e. The molecule has 2 aliphatic rings. The number of likely N-dealkylation sites (tertiary alicyclic amines) is 1. The first kappa shape index (κ1) is 22.5. The van der Waals surface area contributed by atoms with Crippen LogP contribution in [0.1, 0.15) is 53.9 Å². The highest BCUT2D eigenvalue weighted by molar-refractivity contribution is 5.80. The first-order valence-corrected chi connectivity index (χ1v) is 11.6. The van der Waals surface area contributed by atoms with Crippen LogP contribution in [0.25, 0.3) is 0 Å². The number of nitrogens with one attached hydrogen (secondary N) is 1. The first-order valence-electron chi connectivity index (χ1n) is 11.6. The van der Waals surface area contributed by atoms with E-state index in [-0.39, 0.29) is 0 Å². The summed E-state index contributed by atoms with van der Waals surface area (Å²) in [5, 5.41) is 3.55. The van der Waals surface area contributed by atoms with E-state index in [4.69, 9.17) is 4.99 Å². The van der Waals surface area contributed by atoms with Crippen LogP contribution >= 0.6 is 0 Å². The van der Waals surface area contributed by atoms with Crippen LogP contribution in [0.5, 0.6) is 0 Å². The third-order valence-corrected chi connectivity index (χ3v) is 6.61. The minimum absolute atomic E-state index is 0.615. The number of nitrogens with zero attached hydrogens (tertiary/aromatic N) is 4. The topological polar surface area (TPSA) is 34.1 Å². The van der Waals surface area contributed by atoms with Crippen molar-refractivity contribution in [2.45, 2.75) is 53.9 Å². The molecule has 1 N–H and O–H groups in total. The maximum atomic E-state index is 5.03. The van der Waals surface area contributed by atoms with E-state index in [0.29, 0.717) is 5.92 Å². The first-order chi connectivity index (χ1) is 13.1. The number of guanidine groups is 1. The van der Waals surface area contributed by atoms with Crippen LogP contribution < -0.4 is 5.32 Å². The molecular weight excluding hydrogens is 334 g/mol. The Hall–Kier alpha value is -0.810. The van der Waals surface area contributed by atoms with Crippen LogP contribution in [0.4, 0.5) is 0 Å². The smallest absolute Gasteiger partial charge is 0.193 e. The lowest BCUT2D eigenvalue weighted by Crippen LogP contribution is -2.47. The van der Waals surface area contributed by atoms with Crippen molar-refractivity contribution >= 4 is 5.96 Å². The normalized spacial score (nSPS) is 24.0. The van der Waals surface area contributed by atoms with Crippen molar-refractivity contribution in [3.63, 3.8) is 0 Å². The predicted molar refractivity (Wildman–Crippen MR) is 117 cm³/mol. The Labute approximate surface area is 168 Å². The molecule has 5 nitrogen and oxygen atoms in total. The van der Waals surface area contributed by atoms with Crippen molar-refractivity contribution in [2.75, 3.05) is 65.4 Å². The van der Waals surface area contributed by atoms with Gasteiger partial charge < -0.3 is 20.0 Å². The second-order valence-electron chi connectivity index (χ2n) is 8.61. The highest BCUT2D eigenvalue weighted by Crippen LogP contribution is 2.28. The van der Waals surface area contributed by atoms with Crippen molar-refractivity contribution < 1.29 is 0 Å². The zero-order valence-electron chi connectivity index (χ0n) is 18.7. The molecular formula is C22H45N5. The number of hydrogen-bond acceptors (Lipinski definition) is 3. The number of likely N-dealkylation sites (N-methyl/N-ethyl adjacent to an activating group) is 1. The highest BCUT2D eigenvalue weighted by Gasteiger charge is 2.29. The number of piperazine rings is 1. The summed E-state index contributed by atoms with van der Waals surface area (Å²) >= 11 is 0. The third kappa shape index (κ3) is 6.94. The van der Waals surface area contributed by atoms with Crippen LogP contribution in [-0.2, 0) is 0 Å². The van der Waals surface area contributed by atoms with Crippen molar-refractivity contribution in [1.82, 2.24) is 20.0 Å². The third-order valence-electron chi connectivity index (χ3n) is 6.61. The minimum atomic E-state index is 0.615. The molecule has 27 heavy (non-hydrogen) atoms. The van der Waals surface area contributed by atoms with Gasteiger partial charge in [0.1, 0.15) is 0 Å². The molecule has 0 aliphatic carbocycles. The van der Waals surface area contributed by atoms with Gasteiger partial charge in [0, 0.05) is 58.9 Å². The Balaban J connectivity index is 1.82. The highest BCUT2D eigenvalue weighted by atomic mass is 15.3. The van der Waals surface area contributed by atoms with Gasteiger partial charge in [-0.05, 0) is 37.6 Å². The largest absolute Gasteiger partial charge is 0.357 e. The van der Waals surface area contributed by atoms with Crippen molar-refractivity contribution in [3.05, 3.63) is 0 Å². The molecule has 2 fully saturated rings. The van der Waals surface area contributed by atoms with E-state index in [0.717, 1.165) is 30.9 Å². The Morgan fingerprint density at radius 2 is 1.67 bits per heavy atom. The second-order valence-corrected chi connectivity index (χ2v) is 8.61. The minimum Gasteiger partial charge on any atom is -0.357 e. The number of rotatable bonds is 9. The molecule has 0 aromatic rings. The average molecular weight is 380 g/mol. The van der Waals surface area contributed by atoms with Gasteiger partial charge in [-0.1, -0.05) is 40.5 Å². The van der Waals surface area contributed by atoms with E-state index < -0.39 is 0 Å². The molecule has 0 aromatic heterocycles. The molecule has 0 saturated carbocycles. The van der Waals surface area contributed by atoms with E-state index in [1.54, 1.807) is 0 Å². The van der Waals surface area contributed by atoms with Crippen molar-refractivity contribution in [1.29, 1.82) is 0 Å². The van der Waals surface area contributed by atoms with Gasteiger partial charge >= 0.3 is 0 Å². The Bertz CT molecular complexity index is 426. The Kier molecular flexibility index (Phi) is 9.91. The van der Waals surface area contributed by atoms with Gasteiger partial charge in [-0.15, -0.1) is 0 Å². The molecule has 0 radical (unpaired) electrons. The monoisotopic (exact) mass is 379 g/mol. The standard InChI is InChI=1S/C22H45N5/c1-6-20(7-2)21-10-11-27(18-21)22(23-8-3)24-16-19(5)17-26-14-12-25(9-4)13-15-26/h19-21H,6-18H2,1-5H3,(H,23,24). The van der Waals surface area contributed by atoms with E-state index in [1.807, 2.05) is 0 Å². The lowest BCUT2D eigenvalue weighted by atomic mass is 9.87. The quantitative estimate of drug-likeness (QED) is 0.493. The molecule has 2 atom stereocenters. The van der Waals surface area contributed by atoms with Crippen LogP contribution in [0, 0.1) is 17.8 Å². The van der Waals surface area contributed by atoms with Gasteiger partial charge in [0.15, 0.2) is 5.96 Å². The summed E-state index contributed by atoms with van der Waals surface area (Å²) in [6.07, 6.45) is 3.95. The van der Waals surface area contributed by atoms with Gasteiger partial charge in [0.25, 0.3) is 0 Å². The van der Waals surface area contributed by atoms with E-state index in [2.05, 4.69) is 54.6 Å². The second kappa shape index (κ2) is 11.9.